The zero-order valence-electron chi connectivity index (χ0n) is 9.88. The van der Waals surface area contributed by atoms with Gasteiger partial charge in [0.2, 0.25) is 0 Å². The molecule has 0 aliphatic carbocycles. The minimum Gasteiger partial charge on any atom is -0.466 e. The van der Waals surface area contributed by atoms with E-state index in [1.54, 1.807) is 0 Å². The lowest BCUT2D eigenvalue weighted by atomic mass is 10.2. The molecule has 90 valence electrons. The molecular formula is C11H23NO3. The molecule has 0 atom stereocenters. The zero-order chi connectivity index (χ0) is 11.4. The summed E-state index contributed by atoms with van der Waals surface area (Å²) in [5.74, 6) is -0.0893. The zero-order valence-corrected chi connectivity index (χ0v) is 9.88. The van der Waals surface area contributed by atoms with Crippen molar-refractivity contribution < 1.29 is 14.3 Å². The van der Waals surface area contributed by atoms with Crippen LogP contribution in [0.3, 0.4) is 0 Å². The molecule has 0 amide bonds. The number of ether oxygens (including phenoxy) is 2. The molecule has 0 rings (SSSR count). The smallest absolute Gasteiger partial charge is 0.305 e. The Morgan fingerprint density at radius 3 is 2.67 bits per heavy atom. The van der Waals surface area contributed by atoms with Crippen molar-refractivity contribution in [3.63, 3.8) is 0 Å². The van der Waals surface area contributed by atoms with E-state index in [1.807, 2.05) is 14.0 Å². The van der Waals surface area contributed by atoms with Gasteiger partial charge in [-0.15, -0.1) is 0 Å². The number of esters is 1. The van der Waals surface area contributed by atoms with Crippen molar-refractivity contribution in [1.29, 1.82) is 0 Å². The van der Waals surface area contributed by atoms with Gasteiger partial charge in [0.15, 0.2) is 0 Å². The Bertz CT molecular complexity index is 151. The van der Waals surface area contributed by atoms with E-state index >= 15 is 0 Å². The summed E-state index contributed by atoms with van der Waals surface area (Å²) in [6, 6.07) is 0. The summed E-state index contributed by atoms with van der Waals surface area (Å²) in [4.78, 5) is 11.0. The maximum atomic E-state index is 11.0. The Balaban J connectivity index is 3.01. The average molecular weight is 217 g/mol. The average Bonchev–Trinajstić information content (AvgIpc) is 2.22. The van der Waals surface area contributed by atoms with Crippen LogP contribution in [-0.4, -0.2) is 39.4 Å². The van der Waals surface area contributed by atoms with E-state index in [1.165, 1.54) is 0 Å². The molecule has 0 saturated carbocycles. The van der Waals surface area contributed by atoms with Gasteiger partial charge < -0.3 is 14.8 Å². The van der Waals surface area contributed by atoms with Gasteiger partial charge in [-0.1, -0.05) is 6.42 Å². The maximum Gasteiger partial charge on any atom is 0.305 e. The van der Waals surface area contributed by atoms with E-state index in [2.05, 4.69) is 5.32 Å². The number of rotatable bonds is 10. The van der Waals surface area contributed by atoms with Crippen LogP contribution in [0.1, 0.15) is 32.6 Å². The molecule has 0 aromatic heterocycles. The highest BCUT2D eigenvalue weighted by molar-refractivity contribution is 5.69. The largest absolute Gasteiger partial charge is 0.466 e. The van der Waals surface area contributed by atoms with Gasteiger partial charge in [-0.3, -0.25) is 4.79 Å². The maximum absolute atomic E-state index is 11.0. The van der Waals surface area contributed by atoms with Crippen LogP contribution in [0.2, 0.25) is 0 Å². The molecule has 0 bridgehead atoms. The van der Waals surface area contributed by atoms with Gasteiger partial charge in [0.05, 0.1) is 13.2 Å². The summed E-state index contributed by atoms with van der Waals surface area (Å²) in [6.07, 6.45) is 3.47. The summed E-state index contributed by atoms with van der Waals surface area (Å²) in [6.45, 7) is 4.74. The number of hydrogen-bond acceptors (Lipinski definition) is 4. The normalized spacial score (nSPS) is 10.3. The molecule has 0 heterocycles. The fourth-order valence-corrected chi connectivity index (χ4v) is 1.16. The number of unbranched alkanes of at least 4 members (excludes halogenated alkanes) is 2. The first-order chi connectivity index (χ1) is 7.31. The van der Waals surface area contributed by atoms with Crippen molar-refractivity contribution in [2.75, 3.05) is 33.4 Å². The second-order valence-electron chi connectivity index (χ2n) is 3.33. The summed E-state index contributed by atoms with van der Waals surface area (Å²) < 4.78 is 10.2. The quantitative estimate of drug-likeness (QED) is 0.443. The Kier molecular flexibility index (Phi) is 11.0. The molecule has 0 unspecified atom stereocenters. The lowest BCUT2D eigenvalue weighted by Crippen LogP contribution is -2.14. The SMILES string of the molecule is CCOC(=O)CCCCCOCCNC. The van der Waals surface area contributed by atoms with Gasteiger partial charge >= 0.3 is 5.97 Å². The van der Waals surface area contributed by atoms with Crippen molar-refractivity contribution in [2.24, 2.45) is 0 Å². The third-order valence-electron chi connectivity index (χ3n) is 1.97. The Morgan fingerprint density at radius 1 is 1.20 bits per heavy atom. The van der Waals surface area contributed by atoms with Gasteiger partial charge in [-0.25, -0.2) is 0 Å². The summed E-state index contributed by atoms with van der Waals surface area (Å²) in [5, 5.41) is 3.01. The predicted molar refractivity (Wildman–Crippen MR) is 59.8 cm³/mol. The number of likely N-dealkylation sites (N-methyl/N-ethyl adjacent to an activating group) is 1. The van der Waals surface area contributed by atoms with Crippen molar-refractivity contribution in [3.05, 3.63) is 0 Å². The monoisotopic (exact) mass is 217 g/mol. The Hall–Kier alpha value is -0.610. The fourth-order valence-electron chi connectivity index (χ4n) is 1.16. The predicted octanol–water partition coefficient (Wildman–Crippen LogP) is 1.35. The highest BCUT2D eigenvalue weighted by Crippen LogP contribution is 2.01. The van der Waals surface area contributed by atoms with Gasteiger partial charge in [-0.2, -0.15) is 0 Å². The first-order valence-electron chi connectivity index (χ1n) is 5.69. The minimum absolute atomic E-state index is 0.0893. The lowest BCUT2D eigenvalue weighted by Gasteiger charge is -2.03. The van der Waals surface area contributed by atoms with Crippen LogP contribution in [0.25, 0.3) is 0 Å². The Morgan fingerprint density at radius 2 is 2.00 bits per heavy atom. The summed E-state index contributed by atoms with van der Waals surface area (Å²) >= 11 is 0. The minimum atomic E-state index is -0.0893. The van der Waals surface area contributed by atoms with Gasteiger partial charge in [0.25, 0.3) is 0 Å². The van der Waals surface area contributed by atoms with E-state index in [0.29, 0.717) is 13.0 Å². The molecule has 0 aromatic carbocycles. The van der Waals surface area contributed by atoms with Gasteiger partial charge in [-0.05, 0) is 26.8 Å². The van der Waals surface area contributed by atoms with E-state index in [0.717, 1.165) is 39.0 Å². The van der Waals surface area contributed by atoms with Crippen LogP contribution in [-0.2, 0) is 14.3 Å². The molecule has 0 aliphatic heterocycles. The van der Waals surface area contributed by atoms with E-state index in [-0.39, 0.29) is 5.97 Å². The molecule has 0 aliphatic rings. The van der Waals surface area contributed by atoms with E-state index in [4.69, 9.17) is 9.47 Å². The van der Waals surface area contributed by atoms with Crippen LogP contribution in [0.4, 0.5) is 0 Å². The van der Waals surface area contributed by atoms with Gasteiger partial charge in [0, 0.05) is 19.6 Å². The topological polar surface area (TPSA) is 47.6 Å². The molecule has 0 fully saturated rings. The van der Waals surface area contributed by atoms with Crippen molar-refractivity contribution in [1.82, 2.24) is 5.32 Å². The molecule has 1 N–H and O–H groups in total. The molecule has 4 nitrogen and oxygen atoms in total. The number of hydrogen-bond donors (Lipinski definition) is 1. The second-order valence-corrected chi connectivity index (χ2v) is 3.33. The highest BCUT2D eigenvalue weighted by Gasteiger charge is 2.00. The van der Waals surface area contributed by atoms with Gasteiger partial charge in [0.1, 0.15) is 0 Å². The number of carbonyl (C=O) groups is 1. The van der Waals surface area contributed by atoms with E-state index in [9.17, 15) is 4.79 Å². The van der Waals surface area contributed by atoms with Crippen LogP contribution >= 0.6 is 0 Å². The third kappa shape index (κ3) is 11.3. The molecule has 4 heteroatoms. The summed E-state index contributed by atoms with van der Waals surface area (Å²) in [5.41, 5.74) is 0. The highest BCUT2D eigenvalue weighted by atomic mass is 16.5. The number of nitrogens with one attached hydrogen (secondary N) is 1. The van der Waals surface area contributed by atoms with Crippen LogP contribution in [0.15, 0.2) is 0 Å². The first-order valence-corrected chi connectivity index (χ1v) is 5.69. The van der Waals surface area contributed by atoms with Crippen LogP contribution in [0.5, 0.6) is 0 Å². The standard InChI is InChI=1S/C11H23NO3/c1-3-15-11(13)7-5-4-6-9-14-10-8-12-2/h12H,3-10H2,1-2H3. The molecular weight excluding hydrogens is 194 g/mol. The lowest BCUT2D eigenvalue weighted by molar-refractivity contribution is -0.143. The third-order valence-corrected chi connectivity index (χ3v) is 1.97. The second kappa shape index (κ2) is 11.5. The fraction of sp³-hybridized carbons (Fsp3) is 0.909. The Labute approximate surface area is 92.3 Å². The molecule has 0 saturated heterocycles. The van der Waals surface area contributed by atoms with Crippen LogP contribution in [0, 0.1) is 0 Å². The molecule has 15 heavy (non-hydrogen) atoms. The van der Waals surface area contributed by atoms with Crippen LogP contribution < -0.4 is 5.32 Å². The summed E-state index contributed by atoms with van der Waals surface area (Å²) in [7, 11) is 1.91. The number of carbonyl (C=O) groups excluding carboxylic acids is 1. The van der Waals surface area contributed by atoms with E-state index < -0.39 is 0 Å². The molecule has 0 radical (unpaired) electrons. The molecule has 0 aromatic rings. The molecule has 0 spiro atoms. The van der Waals surface area contributed by atoms with Crippen molar-refractivity contribution in [3.8, 4) is 0 Å². The first kappa shape index (κ1) is 14.4. The van der Waals surface area contributed by atoms with Crippen molar-refractivity contribution in [2.45, 2.75) is 32.6 Å². The van der Waals surface area contributed by atoms with Crippen molar-refractivity contribution >= 4 is 5.97 Å².